The summed E-state index contributed by atoms with van der Waals surface area (Å²) in [6, 6.07) is 3.20. The molecule has 5 nitrogen and oxygen atoms in total. The molecule has 0 radical (unpaired) electrons. The lowest BCUT2D eigenvalue weighted by molar-refractivity contribution is -0.139. The molecule has 1 aromatic carbocycles. The van der Waals surface area contributed by atoms with E-state index in [0.717, 1.165) is 12.1 Å². The van der Waals surface area contributed by atoms with E-state index in [1.54, 1.807) is 5.51 Å². The Balaban J connectivity index is 2.31. The summed E-state index contributed by atoms with van der Waals surface area (Å²) in [4.78, 5) is 4.51. The number of ether oxygens (including phenoxy) is 1. The Morgan fingerprint density at radius 2 is 2.19 bits per heavy atom. The van der Waals surface area contributed by atoms with Crippen LogP contribution in [0.4, 0.5) is 13.2 Å². The summed E-state index contributed by atoms with van der Waals surface area (Å²) in [6.45, 7) is -0.0172. The Bertz CT molecular complexity index is 642. The van der Waals surface area contributed by atoms with Crippen molar-refractivity contribution in [3.05, 3.63) is 45.9 Å². The van der Waals surface area contributed by atoms with Crippen molar-refractivity contribution < 1.29 is 23.1 Å². The molecule has 0 spiro atoms. The Kier molecular flexibility index (Phi) is 4.32. The van der Waals surface area contributed by atoms with Crippen LogP contribution in [0.25, 0.3) is 0 Å². The van der Waals surface area contributed by atoms with Crippen LogP contribution in [0.2, 0.25) is 0 Å². The zero-order chi connectivity index (χ0) is 15.5. The molecule has 0 bridgehead atoms. The van der Waals surface area contributed by atoms with E-state index in [2.05, 4.69) is 10.1 Å². The number of hydrogen-bond donors (Lipinski definition) is 2. The van der Waals surface area contributed by atoms with Crippen molar-refractivity contribution in [3.63, 3.8) is 0 Å². The van der Waals surface area contributed by atoms with E-state index in [1.165, 1.54) is 23.6 Å². The summed E-state index contributed by atoms with van der Waals surface area (Å²) >= 11 is 1.28. The van der Waals surface area contributed by atoms with Gasteiger partial charge in [-0.3, -0.25) is 4.98 Å². The second-order valence-corrected chi connectivity index (χ2v) is 4.92. The molecule has 0 saturated carbocycles. The average molecular weight is 317 g/mol. The topological polar surface area (TPSA) is 80.7 Å². The maximum absolute atomic E-state index is 13.0. The molecule has 21 heavy (non-hydrogen) atoms. The third-order valence-electron chi connectivity index (χ3n) is 2.54. The largest absolute Gasteiger partial charge is 0.487 e. The van der Waals surface area contributed by atoms with E-state index in [-0.39, 0.29) is 17.9 Å². The molecular formula is C12H10F3N3O2S. The highest BCUT2D eigenvalue weighted by atomic mass is 32.1. The monoisotopic (exact) mass is 317 g/mol. The normalized spacial score (nSPS) is 12.4. The van der Waals surface area contributed by atoms with Crippen LogP contribution in [-0.2, 0) is 12.8 Å². The van der Waals surface area contributed by atoms with Crippen LogP contribution in [0, 0.1) is 0 Å². The molecule has 1 aromatic heterocycles. The van der Waals surface area contributed by atoms with Gasteiger partial charge in [0.15, 0.2) is 5.84 Å². The van der Waals surface area contributed by atoms with Gasteiger partial charge in [0.05, 0.1) is 16.0 Å². The van der Waals surface area contributed by atoms with Gasteiger partial charge in [-0.1, -0.05) is 5.16 Å². The van der Waals surface area contributed by atoms with E-state index < -0.39 is 17.6 Å². The van der Waals surface area contributed by atoms with Crippen molar-refractivity contribution >= 4 is 17.2 Å². The molecule has 0 aliphatic rings. The van der Waals surface area contributed by atoms with E-state index in [1.807, 2.05) is 0 Å². The van der Waals surface area contributed by atoms with Gasteiger partial charge in [-0.25, -0.2) is 0 Å². The first-order valence-electron chi connectivity index (χ1n) is 5.61. The first kappa shape index (κ1) is 15.1. The SMILES string of the molecule is N/C(=N/O)c1ccc(OCc2cncs2)c(C(F)(F)F)c1. The standard InChI is InChI=1S/C12H10F3N3O2S/c13-12(14,15)9-3-7(11(16)18-19)1-2-10(9)20-5-8-4-17-6-21-8/h1-4,6,19H,5H2,(H2,16,18). The summed E-state index contributed by atoms with van der Waals surface area (Å²) in [6.07, 6.45) is -3.10. The average Bonchev–Trinajstić information content (AvgIpc) is 2.96. The number of aromatic nitrogens is 1. The number of benzene rings is 1. The number of oxime groups is 1. The fraction of sp³-hybridized carbons (Fsp3) is 0.167. The van der Waals surface area contributed by atoms with Crippen LogP contribution >= 0.6 is 11.3 Å². The number of nitrogens with two attached hydrogens (primary N) is 1. The minimum atomic E-state index is -4.62. The highest BCUT2D eigenvalue weighted by Gasteiger charge is 2.35. The second kappa shape index (κ2) is 6.00. The fourth-order valence-corrected chi connectivity index (χ4v) is 2.06. The lowest BCUT2D eigenvalue weighted by atomic mass is 10.1. The molecule has 0 aliphatic heterocycles. The summed E-state index contributed by atoms with van der Waals surface area (Å²) in [5.74, 6) is -0.736. The highest BCUT2D eigenvalue weighted by Crippen LogP contribution is 2.37. The van der Waals surface area contributed by atoms with Crippen LogP contribution in [0.3, 0.4) is 0 Å². The number of halogens is 3. The molecule has 9 heteroatoms. The summed E-state index contributed by atoms with van der Waals surface area (Å²) in [5.41, 5.74) is 5.82. The van der Waals surface area contributed by atoms with Crippen LogP contribution in [0.5, 0.6) is 5.75 Å². The molecule has 2 rings (SSSR count). The molecule has 3 N–H and O–H groups in total. The van der Waals surface area contributed by atoms with E-state index in [4.69, 9.17) is 15.7 Å². The molecule has 0 atom stereocenters. The highest BCUT2D eigenvalue weighted by molar-refractivity contribution is 7.09. The third kappa shape index (κ3) is 3.63. The summed E-state index contributed by atoms with van der Waals surface area (Å²) in [5, 5.41) is 11.2. The van der Waals surface area contributed by atoms with Gasteiger partial charge < -0.3 is 15.7 Å². The van der Waals surface area contributed by atoms with Crippen molar-refractivity contribution in [2.75, 3.05) is 0 Å². The maximum Gasteiger partial charge on any atom is 0.419 e. The lowest BCUT2D eigenvalue weighted by Crippen LogP contribution is -2.16. The molecule has 0 fully saturated rings. The fourth-order valence-electron chi connectivity index (χ4n) is 1.56. The number of thiazole rings is 1. The van der Waals surface area contributed by atoms with Gasteiger partial charge >= 0.3 is 6.18 Å². The number of alkyl halides is 3. The molecular weight excluding hydrogens is 307 g/mol. The molecule has 112 valence electrons. The van der Waals surface area contributed by atoms with Gasteiger partial charge in [-0.2, -0.15) is 13.2 Å². The van der Waals surface area contributed by atoms with Crippen molar-refractivity contribution in [2.45, 2.75) is 12.8 Å². The molecule has 0 amide bonds. The Labute approximate surface area is 121 Å². The van der Waals surface area contributed by atoms with E-state index in [0.29, 0.717) is 4.88 Å². The van der Waals surface area contributed by atoms with Crippen LogP contribution < -0.4 is 10.5 Å². The number of nitrogens with zero attached hydrogens (tertiary/aromatic N) is 2. The predicted octanol–water partition coefficient (Wildman–Crippen LogP) is 2.84. The number of rotatable bonds is 4. The molecule has 0 aliphatic carbocycles. The van der Waals surface area contributed by atoms with Gasteiger partial charge in [0.2, 0.25) is 0 Å². The third-order valence-corrected chi connectivity index (χ3v) is 3.29. The zero-order valence-electron chi connectivity index (χ0n) is 10.5. The number of amidine groups is 1. The van der Waals surface area contributed by atoms with Gasteiger partial charge in [0.1, 0.15) is 12.4 Å². The molecule has 1 heterocycles. The quantitative estimate of drug-likeness (QED) is 0.393. The first-order valence-corrected chi connectivity index (χ1v) is 6.49. The Hall–Kier alpha value is -2.29. The van der Waals surface area contributed by atoms with Crippen LogP contribution in [-0.4, -0.2) is 16.0 Å². The molecule has 0 unspecified atom stereocenters. The van der Waals surface area contributed by atoms with Gasteiger partial charge in [-0.05, 0) is 18.2 Å². The van der Waals surface area contributed by atoms with Crippen molar-refractivity contribution in [1.29, 1.82) is 0 Å². The maximum atomic E-state index is 13.0. The van der Waals surface area contributed by atoms with E-state index in [9.17, 15) is 13.2 Å². The van der Waals surface area contributed by atoms with Gasteiger partial charge in [0.25, 0.3) is 0 Å². The summed E-state index contributed by atoms with van der Waals surface area (Å²) in [7, 11) is 0. The molecule has 0 saturated heterocycles. The van der Waals surface area contributed by atoms with Crippen LogP contribution in [0.1, 0.15) is 16.0 Å². The smallest absolute Gasteiger partial charge is 0.419 e. The van der Waals surface area contributed by atoms with Crippen LogP contribution in [0.15, 0.2) is 35.1 Å². The van der Waals surface area contributed by atoms with Crippen molar-refractivity contribution in [3.8, 4) is 5.75 Å². The number of hydrogen-bond acceptors (Lipinski definition) is 5. The Morgan fingerprint density at radius 1 is 1.43 bits per heavy atom. The predicted molar refractivity (Wildman–Crippen MR) is 70.4 cm³/mol. The summed E-state index contributed by atoms with van der Waals surface area (Å²) < 4.78 is 44.3. The second-order valence-electron chi connectivity index (χ2n) is 3.95. The van der Waals surface area contributed by atoms with Gasteiger partial charge in [-0.15, -0.1) is 11.3 Å². The molecule has 2 aromatic rings. The van der Waals surface area contributed by atoms with Crippen molar-refractivity contribution in [2.24, 2.45) is 10.9 Å². The van der Waals surface area contributed by atoms with Gasteiger partial charge in [0, 0.05) is 11.8 Å². The lowest BCUT2D eigenvalue weighted by Gasteiger charge is -2.14. The first-order chi connectivity index (χ1) is 9.91. The Morgan fingerprint density at radius 3 is 2.76 bits per heavy atom. The van der Waals surface area contributed by atoms with Crippen molar-refractivity contribution in [1.82, 2.24) is 4.98 Å². The minimum absolute atomic E-state index is 0.0172. The zero-order valence-corrected chi connectivity index (χ0v) is 11.3. The minimum Gasteiger partial charge on any atom is -0.487 e. The van der Waals surface area contributed by atoms with E-state index >= 15 is 0 Å².